The van der Waals surface area contributed by atoms with E-state index in [1.54, 1.807) is 0 Å². The van der Waals surface area contributed by atoms with E-state index in [1.165, 1.54) is 11.1 Å². The Hall–Kier alpha value is -6.58. The number of para-hydroxylation sites is 4. The maximum Gasteiger partial charge on any atom is 0.161 e. The van der Waals surface area contributed by atoms with Crippen LogP contribution < -0.4 is 9.80 Å². The Morgan fingerprint density at radius 3 is 1.24 bits per heavy atom. The molecule has 0 spiro atoms. The first kappa shape index (κ1) is 28.6. The standard InChI is InChI=1S/C46H32N2O/c1-6-18-33(19-7-1)40-32-41-44-42(47(34-20-8-2-9-21-34)35-22-10-3-11-23-35)30-31-43(46(44)49-45(41)39-29-17-16-28-38(39)40)48(36-24-12-4-13-25-36)37-26-14-5-15-27-37/h1-32H. The summed E-state index contributed by atoms with van der Waals surface area (Å²) in [7, 11) is 0. The quantitative estimate of drug-likeness (QED) is 0.175. The molecular weight excluding hydrogens is 597 g/mol. The van der Waals surface area contributed by atoms with Crippen LogP contribution in [0.5, 0.6) is 0 Å². The number of benzene rings is 8. The van der Waals surface area contributed by atoms with Crippen LogP contribution in [0.2, 0.25) is 0 Å². The number of rotatable bonds is 7. The largest absolute Gasteiger partial charge is 0.453 e. The lowest BCUT2D eigenvalue weighted by atomic mass is 9.95. The minimum absolute atomic E-state index is 0.826. The molecule has 1 aromatic heterocycles. The molecule has 0 bridgehead atoms. The van der Waals surface area contributed by atoms with Gasteiger partial charge in [0.25, 0.3) is 0 Å². The van der Waals surface area contributed by atoms with Crippen molar-refractivity contribution in [2.45, 2.75) is 0 Å². The van der Waals surface area contributed by atoms with Gasteiger partial charge in [0.2, 0.25) is 0 Å². The molecule has 0 atom stereocenters. The highest BCUT2D eigenvalue weighted by Crippen LogP contribution is 2.50. The van der Waals surface area contributed by atoms with Gasteiger partial charge in [0.1, 0.15) is 5.58 Å². The summed E-state index contributed by atoms with van der Waals surface area (Å²) in [5.41, 5.74) is 10.3. The van der Waals surface area contributed by atoms with E-state index in [4.69, 9.17) is 4.42 Å². The maximum absolute atomic E-state index is 7.21. The summed E-state index contributed by atoms with van der Waals surface area (Å²) in [5.74, 6) is 0. The van der Waals surface area contributed by atoms with Crippen molar-refractivity contribution in [2.24, 2.45) is 0 Å². The average molecular weight is 629 g/mol. The van der Waals surface area contributed by atoms with Gasteiger partial charge in [0.15, 0.2) is 5.58 Å². The molecule has 8 aromatic carbocycles. The SMILES string of the molecule is c1ccc(-c2cc3c(oc4c(N(c5ccccc5)c5ccccc5)ccc(N(c5ccccc5)c5ccccc5)c43)c3ccccc23)cc1. The lowest BCUT2D eigenvalue weighted by Crippen LogP contribution is -2.12. The van der Waals surface area contributed by atoms with Gasteiger partial charge in [-0.1, -0.05) is 127 Å². The number of hydrogen-bond acceptors (Lipinski definition) is 3. The lowest BCUT2D eigenvalue weighted by molar-refractivity contribution is 0.673. The molecule has 3 nitrogen and oxygen atoms in total. The van der Waals surface area contributed by atoms with Gasteiger partial charge in [-0.05, 0) is 83.2 Å². The highest BCUT2D eigenvalue weighted by Gasteiger charge is 2.26. The van der Waals surface area contributed by atoms with Crippen molar-refractivity contribution in [3.63, 3.8) is 0 Å². The van der Waals surface area contributed by atoms with Crippen molar-refractivity contribution < 1.29 is 4.42 Å². The van der Waals surface area contributed by atoms with E-state index in [1.807, 2.05) is 0 Å². The van der Waals surface area contributed by atoms with Crippen LogP contribution in [-0.2, 0) is 0 Å². The normalized spacial score (nSPS) is 11.3. The minimum Gasteiger partial charge on any atom is -0.453 e. The Morgan fingerprint density at radius 2 is 0.735 bits per heavy atom. The van der Waals surface area contributed by atoms with Crippen molar-refractivity contribution in [1.29, 1.82) is 0 Å². The van der Waals surface area contributed by atoms with Gasteiger partial charge < -0.3 is 14.2 Å². The van der Waals surface area contributed by atoms with Crippen LogP contribution in [0.15, 0.2) is 199 Å². The van der Waals surface area contributed by atoms with Crippen molar-refractivity contribution in [3.8, 4) is 11.1 Å². The molecule has 0 radical (unpaired) electrons. The third-order valence-corrected chi connectivity index (χ3v) is 9.21. The fraction of sp³-hybridized carbons (Fsp3) is 0. The second-order valence-corrected chi connectivity index (χ2v) is 12.1. The molecule has 0 saturated heterocycles. The van der Waals surface area contributed by atoms with E-state index in [0.29, 0.717) is 0 Å². The fourth-order valence-electron chi connectivity index (χ4n) is 7.05. The monoisotopic (exact) mass is 628 g/mol. The van der Waals surface area contributed by atoms with Crippen LogP contribution in [0.3, 0.4) is 0 Å². The molecule has 0 N–H and O–H groups in total. The zero-order chi connectivity index (χ0) is 32.6. The third kappa shape index (κ3) is 5.00. The van der Waals surface area contributed by atoms with Gasteiger partial charge in [-0.25, -0.2) is 0 Å². The highest BCUT2D eigenvalue weighted by molar-refractivity contribution is 6.24. The Bertz CT molecular complexity index is 2450. The Balaban J connectivity index is 1.44. The molecule has 0 amide bonds. The number of fused-ring (bicyclic) bond motifs is 5. The first-order chi connectivity index (χ1) is 24.3. The molecule has 9 aromatic rings. The van der Waals surface area contributed by atoms with Gasteiger partial charge >= 0.3 is 0 Å². The van der Waals surface area contributed by atoms with E-state index in [9.17, 15) is 0 Å². The molecule has 0 fully saturated rings. The molecule has 9 rings (SSSR count). The number of nitrogens with zero attached hydrogens (tertiary/aromatic N) is 2. The van der Waals surface area contributed by atoms with Crippen LogP contribution in [-0.4, -0.2) is 0 Å². The minimum atomic E-state index is 0.826. The Morgan fingerprint density at radius 1 is 0.327 bits per heavy atom. The zero-order valence-corrected chi connectivity index (χ0v) is 26.8. The fourth-order valence-corrected chi connectivity index (χ4v) is 7.05. The van der Waals surface area contributed by atoms with Crippen LogP contribution in [0.4, 0.5) is 34.1 Å². The summed E-state index contributed by atoms with van der Waals surface area (Å²) in [6.45, 7) is 0. The zero-order valence-electron chi connectivity index (χ0n) is 26.8. The molecular formula is C46H32N2O. The predicted octanol–water partition coefficient (Wildman–Crippen LogP) is 13.3. The lowest BCUT2D eigenvalue weighted by Gasteiger charge is -2.29. The summed E-state index contributed by atoms with van der Waals surface area (Å²) in [4.78, 5) is 4.64. The number of anilines is 6. The van der Waals surface area contributed by atoms with E-state index in [2.05, 4.69) is 204 Å². The van der Waals surface area contributed by atoms with Gasteiger partial charge in [-0.3, -0.25) is 0 Å². The van der Waals surface area contributed by atoms with Crippen LogP contribution in [0, 0.1) is 0 Å². The average Bonchev–Trinajstić information content (AvgIpc) is 3.58. The summed E-state index contributed by atoms with van der Waals surface area (Å²) >= 11 is 0. The van der Waals surface area contributed by atoms with Crippen LogP contribution >= 0.6 is 0 Å². The van der Waals surface area contributed by atoms with Crippen LogP contribution in [0.25, 0.3) is 43.8 Å². The van der Waals surface area contributed by atoms with E-state index in [0.717, 1.165) is 66.8 Å². The summed E-state index contributed by atoms with van der Waals surface area (Å²) in [6.07, 6.45) is 0. The topological polar surface area (TPSA) is 19.6 Å². The first-order valence-corrected chi connectivity index (χ1v) is 16.6. The maximum atomic E-state index is 7.21. The molecule has 1 heterocycles. The molecule has 3 heteroatoms. The molecule has 232 valence electrons. The molecule has 49 heavy (non-hydrogen) atoms. The first-order valence-electron chi connectivity index (χ1n) is 16.6. The van der Waals surface area contributed by atoms with Gasteiger partial charge in [-0.15, -0.1) is 0 Å². The summed E-state index contributed by atoms with van der Waals surface area (Å²) in [6, 6.07) is 68.3. The summed E-state index contributed by atoms with van der Waals surface area (Å²) < 4.78 is 7.21. The van der Waals surface area contributed by atoms with E-state index in [-0.39, 0.29) is 0 Å². The van der Waals surface area contributed by atoms with Gasteiger partial charge in [0, 0.05) is 33.5 Å². The Labute approximate surface area is 285 Å². The number of hydrogen-bond donors (Lipinski definition) is 0. The van der Waals surface area contributed by atoms with Gasteiger partial charge in [0.05, 0.1) is 16.8 Å². The van der Waals surface area contributed by atoms with Crippen molar-refractivity contribution in [2.75, 3.05) is 9.80 Å². The molecule has 0 aliphatic heterocycles. The van der Waals surface area contributed by atoms with Gasteiger partial charge in [-0.2, -0.15) is 0 Å². The molecule has 0 aliphatic rings. The summed E-state index contributed by atoms with van der Waals surface area (Å²) in [5, 5.41) is 4.38. The third-order valence-electron chi connectivity index (χ3n) is 9.21. The van der Waals surface area contributed by atoms with Crippen molar-refractivity contribution in [3.05, 3.63) is 194 Å². The second kappa shape index (κ2) is 12.2. The van der Waals surface area contributed by atoms with Crippen molar-refractivity contribution >= 4 is 66.8 Å². The second-order valence-electron chi connectivity index (χ2n) is 12.1. The Kier molecular flexibility index (Phi) is 7.14. The molecule has 0 unspecified atom stereocenters. The predicted molar refractivity (Wildman–Crippen MR) is 206 cm³/mol. The molecule has 0 aliphatic carbocycles. The van der Waals surface area contributed by atoms with E-state index < -0.39 is 0 Å². The number of furan rings is 1. The smallest absolute Gasteiger partial charge is 0.161 e. The molecule has 0 saturated carbocycles. The van der Waals surface area contributed by atoms with Crippen molar-refractivity contribution in [1.82, 2.24) is 0 Å². The van der Waals surface area contributed by atoms with Crippen LogP contribution in [0.1, 0.15) is 0 Å². The highest BCUT2D eigenvalue weighted by atomic mass is 16.3. The van der Waals surface area contributed by atoms with E-state index >= 15 is 0 Å².